The number of hydrogen-bond donors (Lipinski definition) is 1. The highest BCUT2D eigenvalue weighted by molar-refractivity contribution is 5.12. The molecule has 15 heavy (non-hydrogen) atoms. The van der Waals surface area contributed by atoms with E-state index in [9.17, 15) is 0 Å². The lowest BCUT2D eigenvalue weighted by Crippen LogP contribution is -2.31. The molecule has 1 saturated heterocycles. The first kappa shape index (κ1) is 11.2. The van der Waals surface area contributed by atoms with Crippen LogP contribution in [0.5, 0.6) is 0 Å². The summed E-state index contributed by atoms with van der Waals surface area (Å²) in [6, 6.07) is 0.258. The van der Waals surface area contributed by atoms with E-state index in [1.807, 2.05) is 0 Å². The van der Waals surface area contributed by atoms with Crippen molar-refractivity contribution in [2.24, 2.45) is 5.73 Å². The van der Waals surface area contributed by atoms with Gasteiger partial charge in [-0.15, -0.1) is 0 Å². The molecule has 1 aliphatic heterocycles. The Morgan fingerprint density at radius 1 is 1.33 bits per heavy atom. The smallest absolute Gasteiger partial charge is 0.0593 e. The van der Waals surface area contributed by atoms with Gasteiger partial charge in [0.1, 0.15) is 0 Å². The van der Waals surface area contributed by atoms with Crippen molar-refractivity contribution in [3.8, 4) is 0 Å². The van der Waals surface area contributed by atoms with Gasteiger partial charge in [0.2, 0.25) is 0 Å². The van der Waals surface area contributed by atoms with Gasteiger partial charge >= 0.3 is 0 Å². The van der Waals surface area contributed by atoms with E-state index in [4.69, 9.17) is 10.5 Å². The van der Waals surface area contributed by atoms with Crippen LogP contribution in [-0.2, 0) is 4.74 Å². The summed E-state index contributed by atoms with van der Waals surface area (Å²) < 4.78 is 5.73. The van der Waals surface area contributed by atoms with Crippen LogP contribution in [0.4, 0.5) is 0 Å². The van der Waals surface area contributed by atoms with Gasteiger partial charge in [-0.05, 0) is 51.4 Å². The van der Waals surface area contributed by atoms with Crippen molar-refractivity contribution in [2.75, 3.05) is 6.61 Å². The van der Waals surface area contributed by atoms with Crippen molar-refractivity contribution in [1.29, 1.82) is 0 Å². The molecule has 0 radical (unpaired) electrons. The zero-order chi connectivity index (χ0) is 10.5. The fraction of sp³-hybridized carbons (Fsp3) is 0.846. The molecule has 2 N–H and O–H groups in total. The molecule has 2 rings (SSSR count). The lowest BCUT2D eigenvalue weighted by atomic mass is 9.90. The van der Waals surface area contributed by atoms with E-state index in [0.29, 0.717) is 6.10 Å². The summed E-state index contributed by atoms with van der Waals surface area (Å²) in [5.41, 5.74) is 7.71. The summed E-state index contributed by atoms with van der Waals surface area (Å²) in [5.74, 6) is 0. The van der Waals surface area contributed by atoms with E-state index in [-0.39, 0.29) is 6.04 Å². The van der Waals surface area contributed by atoms with E-state index in [2.05, 4.69) is 6.08 Å². The quantitative estimate of drug-likeness (QED) is 0.725. The summed E-state index contributed by atoms with van der Waals surface area (Å²) >= 11 is 0. The van der Waals surface area contributed by atoms with E-state index in [1.54, 1.807) is 0 Å². The second-order valence-corrected chi connectivity index (χ2v) is 4.86. The van der Waals surface area contributed by atoms with Gasteiger partial charge in [-0.25, -0.2) is 0 Å². The van der Waals surface area contributed by atoms with Crippen molar-refractivity contribution in [3.05, 3.63) is 11.6 Å². The van der Waals surface area contributed by atoms with Crippen LogP contribution in [0, 0.1) is 0 Å². The number of rotatable bonds is 3. The Kier molecular flexibility index (Phi) is 4.21. The number of ether oxygens (including phenoxy) is 1. The third-order valence-electron chi connectivity index (χ3n) is 3.59. The predicted octanol–water partition coefficient (Wildman–Crippen LogP) is 2.77. The zero-order valence-corrected chi connectivity index (χ0v) is 9.58. The van der Waals surface area contributed by atoms with Gasteiger partial charge in [0, 0.05) is 12.6 Å². The molecule has 2 nitrogen and oxygen atoms in total. The Balaban J connectivity index is 1.79. The second kappa shape index (κ2) is 5.66. The van der Waals surface area contributed by atoms with Crippen LogP contribution in [0.2, 0.25) is 0 Å². The molecule has 0 amide bonds. The van der Waals surface area contributed by atoms with Gasteiger partial charge in [0.25, 0.3) is 0 Å². The van der Waals surface area contributed by atoms with Crippen LogP contribution in [0.1, 0.15) is 51.4 Å². The topological polar surface area (TPSA) is 35.2 Å². The Labute approximate surface area is 92.9 Å². The van der Waals surface area contributed by atoms with Gasteiger partial charge < -0.3 is 10.5 Å². The van der Waals surface area contributed by atoms with E-state index in [0.717, 1.165) is 13.0 Å². The maximum atomic E-state index is 6.23. The van der Waals surface area contributed by atoms with Gasteiger partial charge in [0.05, 0.1) is 6.10 Å². The minimum absolute atomic E-state index is 0.258. The van der Waals surface area contributed by atoms with Crippen LogP contribution >= 0.6 is 0 Å². The summed E-state index contributed by atoms with van der Waals surface area (Å²) in [4.78, 5) is 0. The average molecular weight is 209 g/mol. The molecule has 0 aromatic heterocycles. The Morgan fingerprint density at radius 3 is 2.93 bits per heavy atom. The van der Waals surface area contributed by atoms with Crippen LogP contribution in [-0.4, -0.2) is 18.8 Å². The van der Waals surface area contributed by atoms with Gasteiger partial charge in [0.15, 0.2) is 0 Å². The fourth-order valence-electron chi connectivity index (χ4n) is 2.63. The number of nitrogens with two attached hydrogens (primary N) is 1. The first-order valence-electron chi connectivity index (χ1n) is 6.42. The summed E-state index contributed by atoms with van der Waals surface area (Å²) in [6.07, 6.45) is 12.7. The molecule has 2 unspecified atom stereocenters. The maximum Gasteiger partial charge on any atom is 0.0593 e. The minimum Gasteiger partial charge on any atom is -0.378 e. The maximum absolute atomic E-state index is 6.23. The third-order valence-corrected chi connectivity index (χ3v) is 3.59. The highest BCUT2D eigenvalue weighted by Crippen LogP contribution is 2.24. The van der Waals surface area contributed by atoms with Crippen LogP contribution < -0.4 is 5.73 Å². The molecule has 1 fully saturated rings. The predicted molar refractivity (Wildman–Crippen MR) is 62.7 cm³/mol. The molecule has 2 atom stereocenters. The summed E-state index contributed by atoms with van der Waals surface area (Å²) in [7, 11) is 0. The highest BCUT2D eigenvalue weighted by atomic mass is 16.5. The molecular weight excluding hydrogens is 186 g/mol. The minimum atomic E-state index is 0.258. The van der Waals surface area contributed by atoms with Gasteiger partial charge in [-0.2, -0.15) is 0 Å². The monoisotopic (exact) mass is 209 g/mol. The molecule has 0 aromatic carbocycles. The average Bonchev–Trinajstić information content (AvgIpc) is 2.31. The second-order valence-electron chi connectivity index (χ2n) is 4.86. The standard InChI is InChI=1S/C13H23NO/c14-13(11-6-2-1-3-7-11)10-12-8-4-5-9-15-12/h6,12-13H,1-5,7-10,14H2. The molecule has 1 aliphatic carbocycles. The molecule has 0 saturated carbocycles. The van der Waals surface area contributed by atoms with Gasteiger partial charge in [-0.1, -0.05) is 11.6 Å². The van der Waals surface area contributed by atoms with Crippen molar-refractivity contribution in [3.63, 3.8) is 0 Å². The van der Waals surface area contributed by atoms with E-state index >= 15 is 0 Å². The third kappa shape index (κ3) is 3.32. The van der Waals surface area contributed by atoms with Gasteiger partial charge in [-0.3, -0.25) is 0 Å². The summed E-state index contributed by atoms with van der Waals surface area (Å²) in [5, 5.41) is 0. The lowest BCUT2D eigenvalue weighted by molar-refractivity contribution is 0.00895. The number of allylic oxidation sites excluding steroid dienone is 1. The largest absolute Gasteiger partial charge is 0.378 e. The van der Waals surface area contributed by atoms with Crippen molar-refractivity contribution in [1.82, 2.24) is 0 Å². The first-order chi connectivity index (χ1) is 7.36. The Bertz CT molecular complexity index is 219. The summed E-state index contributed by atoms with van der Waals surface area (Å²) in [6.45, 7) is 0.941. The van der Waals surface area contributed by atoms with Crippen LogP contribution in [0.25, 0.3) is 0 Å². The van der Waals surface area contributed by atoms with Crippen molar-refractivity contribution < 1.29 is 4.74 Å². The molecular formula is C13H23NO. The molecule has 2 aliphatic rings. The van der Waals surface area contributed by atoms with E-state index < -0.39 is 0 Å². The fourth-order valence-corrected chi connectivity index (χ4v) is 2.63. The molecule has 1 heterocycles. The lowest BCUT2D eigenvalue weighted by Gasteiger charge is -2.27. The van der Waals surface area contributed by atoms with Crippen molar-refractivity contribution >= 4 is 0 Å². The zero-order valence-electron chi connectivity index (χ0n) is 9.58. The Hall–Kier alpha value is -0.340. The van der Waals surface area contributed by atoms with E-state index in [1.165, 1.54) is 50.5 Å². The highest BCUT2D eigenvalue weighted by Gasteiger charge is 2.20. The van der Waals surface area contributed by atoms with Crippen LogP contribution in [0.3, 0.4) is 0 Å². The van der Waals surface area contributed by atoms with Crippen LogP contribution in [0.15, 0.2) is 11.6 Å². The molecule has 2 heteroatoms. The Morgan fingerprint density at radius 2 is 2.27 bits per heavy atom. The SMILES string of the molecule is NC(CC1CCCCO1)C1=CCCCC1. The first-order valence-corrected chi connectivity index (χ1v) is 6.42. The molecule has 0 bridgehead atoms. The molecule has 0 aromatic rings. The molecule has 86 valence electrons. The number of hydrogen-bond acceptors (Lipinski definition) is 2. The van der Waals surface area contributed by atoms with Crippen molar-refractivity contribution in [2.45, 2.75) is 63.5 Å². The normalized spacial score (nSPS) is 29.7. The molecule has 0 spiro atoms.